The summed E-state index contributed by atoms with van der Waals surface area (Å²) in [7, 11) is 0. The molecule has 4 aromatic rings. The van der Waals surface area contributed by atoms with Crippen molar-refractivity contribution in [2.45, 2.75) is 27.3 Å². The summed E-state index contributed by atoms with van der Waals surface area (Å²) in [6, 6.07) is 11.2. The second-order valence-corrected chi connectivity index (χ2v) is 7.50. The van der Waals surface area contributed by atoms with Crippen molar-refractivity contribution in [3.63, 3.8) is 0 Å². The maximum absolute atomic E-state index is 13.0. The molecule has 136 valence electrons. The third-order valence-corrected chi connectivity index (χ3v) is 5.49. The molecule has 0 saturated carbocycles. The van der Waals surface area contributed by atoms with E-state index in [0.29, 0.717) is 21.7 Å². The average molecular weight is 378 g/mol. The fourth-order valence-electron chi connectivity index (χ4n) is 3.22. The van der Waals surface area contributed by atoms with Gasteiger partial charge < -0.3 is 5.32 Å². The van der Waals surface area contributed by atoms with Gasteiger partial charge in [-0.3, -0.25) is 14.2 Å². The Morgan fingerprint density at radius 1 is 1.15 bits per heavy atom. The summed E-state index contributed by atoms with van der Waals surface area (Å²) in [4.78, 5) is 35.4. The summed E-state index contributed by atoms with van der Waals surface area (Å²) in [5.41, 5.74) is 3.11. The van der Waals surface area contributed by atoms with Gasteiger partial charge in [0.25, 0.3) is 5.56 Å². The van der Waals surface area contributed by atoms with Crippen LogP contribution in [0.25, 0.3) is 20.4 Å². The van der Waals surface area contributed by atoms with E-state index in [4.69, 9.17) is 0 Å². The van der Waals surface area contributed by atoms with Crippen LogP contribution in [0.2, 0.25) is 0 Å². The van der Waals surface area contributed by atoms with Crippen molar-refractivity contribution in [1.29, 1.82) is 0 Å². The number of carbonyl (C=O) groups excluding carboxylic acids is 1. The minimum Gasteiger partial charge on any atom is -0.325 e. The van der Waals surface area contributed by atoms with Gasteiger partial charge in [-0.25, -0.2) is 9.97 Å². The van der Waals surface area contributed by atoms with Gasteiger partial charge >= 0.3 is 0 Å². The molecule has 0 aliphatic rings. The van der Waals surface area contributed by atoms with Crippen LogP contribution in [-0.4, -0.2) is 20.4 Å². The predicted molar refractivity (Wildman–Crippen MR) is 108 cm³/mol. The molecule has 0 radical (unpaired) electrons. The van der Waals surface area contributed by atoms with Crippen LogP contribution in [0.3, 0.4) is 0 Å². The number of para-hydroxylation sites is 1. The highest BCUT2D eigenvalue weighted by molar-refractivity contribution is 7.25. The number of pyridine rings is 1. The number of anilines is 1. The quantitative estimate of drug-likeness (QED) is 0.591. The third-order valence-electron chi connectivity index (χ3n) is 4.43. The SMILES string of the molecule is Cc1cc(C)c2c(n1)sc1c(=O)n(CC(=O)Nc3ccccc3)c(C)nc12. The van der Waals surface area contributed by atoms with Gasteiger partial charge in [0.15, 0.2) is 0 Å². The highest BCUT2D eigenvalue weighted by Crippen LogP contribution is 2.32. The van der Waals surface area contributed by atoms with Crippen molar-refractivity contribution < 1.29 is 4.79 Å². The molecule has 27 heavy (non-hydrogen) atoms. The second kappa shape index (κ2) is 6.59. The molecule has 0 saturated heterocycles. The number of nitrogens with one attached hydrogen (secondary N) is 1. The summed E-state index contributed by atoms with van der Waals surface area (Å²) in [6.07, 6.45) is 0. The van der Waals surface area contributed by atoms with Crippen molar-refractivity contribution in [3.05, 3.63) is 63.8 Å². The monoisotopic (exact) mass is 378 g/mol. The van der Waals surface area contributed by atoms with Crippen LogP contribution in [0.5, 0.6) is 0 Å². The largest absolute Gasteiger partial charge is 0.325 e. The summed E-state index contributed by atoms with van der Waals surface area (Å²) < 4.78 is 1.95. The van der Waals surface area contributed by atoms with Gasteiger partial charge in [0, 0.05) is 16.8 Å². The van der Waals surface area contributed by atoms with E-state index in [1.807, 2.05) is 38.1 Å². The molecule has 0 atom stereocenters. The molecule has 0 aliphatic carbocycles. The molecule has 0 spiro atoms. The van der Waals surface area contributed by atoms with Gasteiger partial charge in [-0.1, -0.05) is 18.2 Å². The lowest BCUT2D eigenvalue weighted by Crippen LogP contribution is -2.29. The van der Waals surface area contributed by atoms with Crippen molar-refractivity contribution in [1.82, 2.24) is 14.5 Å². The number of hydrogen-bond acceptors (Lipinski definition) is 5. The number of amides is 1. The summed E-state index contributed by atoms with van der Waals surface area (Å²) in [5, 5.41) is 3.72. The highest BCUT2D eigenvalue weighted by Gasteiger charge is 2.18. The Kier molecular flexibility index (Phi) is 4.24. The van der Waals surface area contributed by atoms with Crippen LogP contribution in [0, 0.1) is 20.8 Å². The Labute approximate surface area is 159 Å². The Morgan fingerprint density at radius 2 is 1.89 bits per heavy atom. The van der Waals surface area contributed by atoms with Gasteiger partial charge in [0.05, 0.1) is 5.52 Å². The van der Waals surface area contributed by atoms with Gasteiger partial charge in [0.2, 0.25) is 5.91 Å². The number of aryl methyl sites for hydroxylation is 3. The van der Waals surface area contributed by atoms with E-state index in [1.54, 1.807) is 19.1 Å². The minimum absolute atomic E-state index is 0.0812. The lowest BCUT2D eigenvalue weighted by Gasteiger charge is -2.10. The molecule has 7 heteroatoms. The number of thiophene rings is 1. The Morgan fingerprint density at radius 3 is 2.63 bits per heavy atom. The zero-order chi connectivity index (χ0) is 19.1. The van der Waals surface area contributed by atoms with Crippen LogP contribution in [-0.2, 0) is 11.3 Å². The first-order valence-electron chi connectivity index (χ1n) is 8.57. The van der Waals surface area contributed by atoms with E-state index in [2.05, 4.69) is 15.3 Å². The lowest BCUT2D eigenvalue weighted by atomic mass is 10.1. The molecule has 0 unspecified atom stereocenters. The maximum atomic E-state index is 13.0. The number of rotatable bonds is 3. The Balaban J connectivity index is 1.78. The zero-order valence-corrected chi connectivity index (χ0v) is 16.1. The van der Waals surface area contributed by atoms with E-state index in [9.17, 15) is 9.59 Å². The lowest BCUT2D eigenvalue weighted by molar-refractivity contribution is -0.116. The average Bonchev–Trinajstić information content (AvgIpc) is 2.98. The van der Waals surface area contributed by atoms with Crippen LogP contribution >= 0.6 is 11.3 Å². The molecule has 0 aliphatic heterocycles. The smallest absolute Gasteiger partial charge is 0.272 e. The third kappa shape index (κ3) is 3.10. The first-order chi connectivity index (χ1) is 12.9. The van der Waals surface area contributed by atoms with Crippen molar-refractivity contribution in [3.8, 4) is 0 Å². The molecular weight excluding hydrogens is 360 g/mol. The van der Waals surface area contributed by atoms with E-state index in [0.717, 1.165) is 21.5 Å². The van der Waals surface area contributed by atoms with Crippen LogP contribution in [0.4, 0.5) is 5.69 Å². The molecule has 0 bridgehead atoms. The predicted octanol–water partition coefficient (Wildman–Crippen LogP) is 3.57. The van der Waals surface area contributed by atoms with Crippen molar-refractivity contribution in [2.24, 2.45) is 0 Å². The van der Waals surface area contributed by atoms with Crippen LogP contribution < -0.4 is 10.9 Å². The van der Waals surface area contributed by atoms with Crippen LogP contribution in [0.15, 0.2) is 41.2 Å². The number of carbonyl (C=O) groups is 1. The molecule has 1 N–H and O–H groups in total. The highest BCUT2D eigenvalue weighted by atomic mass is 32.1. The minimum atomic E-state index is -0.265. The first kappa shape index (κ1) is 17.4. The van der Waals surface area contributed by atoms with Crippen LogP contribution in [0.1, 0.15) is 17.1 Å². The number of hydrogen-bond donors (Lipinski definition) is 1. The normalized spacial score (nSPS) is 11.2. The summed E-state index contributed by atoms with van der Waals surface area (Å²) >= 11 is 1.33. The number of aromatic nitrogens is 3. The molecular formula is C20H18N4O2S. The van der Waals surface area contributed by atoms with E-state index in [1.165, 1.54) is 15.9 Å². The topological polar surface area (TPSA) is 76.9 Å². The molecule has 4 rings (SSSR count). The van der Waals surface area contributed by atoms with Gasteiger partial charge in [-0.15, -0.1) is 11.3 Å². The number of nitrogens with zero attached hydrogens (tertiary/aromatic N) is 3. The molecule has 0 fully saturated rings. The molecule has 1 amide bonds. The Bertz CT molecular complexity index is 1240. The molecule has 3 heterocycles. The van der Waals surface area contributed by atoms with Gasteiger partial charge in [0.1, 0.15) is 21.9 Å². The fourth-order valence-corrected chi connectivity index (χ4v) is 4.40. The second-order valence-electron chi connectivity index (χ2n) is 6.50. The van der Waals surface area contributed by atoms with Gasteiger partial charge in [-0.05, 0) is 44.5 Å². The summed E-state index contributed by atoms with van der Waals surface area (Å²) in [6.45, 7) is 5.60. The standard InChI is InChI=1S/C20H18N4O2S/c1-11-9-12(2)21-19-16(11)17-18(27-19)20(26)24(13(3)22-17)10-15(25)23-14-7-5-4-6-8-14/h4-9H,10H2,1-3H3,(H,23,25). The van der Waals surface area contributed by atoms with Gasteiger partial charge in [-0.2, -0.15) is 0 Å². The van der Waals surface area contributed by atoms with E-state index >= 15 is 0 Å². The fraction of sp³-hybridized carbons (Fsp3) is 0.200. The van der Waals surface area contributed by atoms with Crippen molar-refractivity contribution in [2.75, 3.05) is 5.32 Å². The van der Waals surface area contributed by atoms with Crippen molar-refractivity contribution >= 4 is 43.4 Å². The summed E-state index contributed by atoms with van der Waals surface area (Å²) in [5.74, 6) is 0.245. The Hall–Kier alpha value is -3.06. The van der Waals surface area contributed by atoms with E-state index in [-0.39, 0.29) is 18.0 Å². The maximum Gasteiger partial charge on any atom is 0.272 e. The number of fused-ring (bicyclic) bond motifs is 3. The molecule has 3 aromatic heterocycles. The number of benzene rings is 1. The first-order valence-corrected chi connectivity index (χ1v) is 9.38. The molecule has 1 aromatic carbocycles. The zero-order valence-electron chi connectivity index (χ0n) is 15.2. The molecule has 6 nitrogen and oxygen atoms in total. The van der Waals surface area contributed by atoms with E-state index < -0.39 is 0 Å².